The van der Waals surface area contributed by atoms with Crippen LogP contribution in [0.3, 0.4) is 0 Å². The molecule has 3 heteroatoms. The monoisotopic (exact) mass is 156 g/mol. The Morgan fingerprint density at radius 1 is 1.73 bits per heavy atom. The normalized spacial score (nSPS) is 25.5. The average molecular weight is 156 g/mol. The molecule has 1 rings (SSSR count). The van der Waals surface area contributed by atoms with Gasteiger partial charge in [0.2, 0.25) is 5.91 Å². The van der Waals surface area contributed by atoms with E-state index in [1.54, 1.807) is 7.05 Å². The van der Waals surface area contributed by atoms with Crippen LogP contribution in [0.4, 0.5) is 0 Å². The van der Waals surface area contributed by atoms with Crippen molar-refractivity contribution in [3.05, 3.63) is 0 Å². The molecule has 11 heavy (non-hydrogen) atoms. The van der Waals surface area contributed by atoms with Gasteiger partial charge in [-0.2, -0.15) is 0 Å². The Morgan fingerprint density at radius 3 is 3.00 bits per heavy atom. The smallest absolute Gasteiger partial charge is 0.237 e. The molecule has 1 N–H and O–H groups in total. The lowest BCUT2D eigenvalue weighted by atomic mass is 10.2. The molecule has 0 bridgehead atoms. The van der Waals surface area contributed by atoms with Crippen molar-refractivity contribution in [2.24, 2.45) is 0 Å². The fraction of sp³-hybridized carbons (Fsp3) is 0.875. The number of rotatable bonds is 2. The van der Waals surface area contributed by atoms with Gasteiger partial charge >= 0.3 is 0 Å². The molecule has 0 aromatic carbocycles. The summed E-state index contributed by atoms with van der Waals surface area (Å²) in [7, 11) is 1.70. The highest BCUT2D eigenvalue weighted by Gasteiger charge is 2.28. The number of likely N-dealkylation sites (N-methyl/N-ethyl adjacent to an activating group) is 2. The average Bonchev–Trinajstić information content (AvgIpc) is 2.50. The molecule has 64 valence electrons. The van der Waals surface area contributed by atoms with Crippen molar-refractivity contribution in [1.29, 1.82) is 0 Å². The van der Waals surface area contributed by atoms with Gasteiger partial charge in [-0.3, -0.25) is 9.69 Å². The molecule has 0 aromatic heterocycles. The van der Waals surface area contributed by atoms with Crippen LogP contribution >= 0.6 is 0 Å². The summed E-state index contributed by atoms with van der Waals surface area (Å²) in [4.78, 5) is 13.5. The molecule has 1 aliphatic heterocycles. The summed E-state index contributed by atoms with van der Waals surface area (Å²) in [6, 6.07) is 0.144. The van der Waals surface area contributed by atoms with Crippen LogP contribution in [-0.4, -0.2) is 37.0 Å². The number of likely N-dealkylation sites (tertiary alicyclic amines) is 1. The molecular weight excluding hydrogens is 140 g/mol. The molecule has 1 fully saturated rings. The summed E-state index contributed by atoms with van der Waals surface area (Å²) < 4.78 is 0. The zero-order valence-corrected chi connectivity index (χ0v) is 7.26. The lowest BCUT2D eigenvalue weighted by Crippen LogP contribution is -2.41. The second-order valence-corrected chi connectivity index (χ2v) is 2.90. The van der Waals surface area contributed by atoms with Gasteiger partial charge in [-0.05, 0) is 25.9 Å². The lowest BCUT2D eigenvalue weighted by molar-refractivity contribution is -0.124. The zero-order valence-electron chi connectivity index (χ0n) is 7.26. The lowest BCUT2D eigenvalue weighted by Gasteiger charge is -2.20. The van der Waals surface area contributed by atoms with Gasteiger partial charge < -0.3 is 5.32 Å². The van der Waals surface area contributed by atoms with Gasteiger partial charge in [-0.15, -0.1) is 0 Å². The predicted octanol–water partition coefficient (Wildman–Crippen LogP) is 0.217. The number of hydrogen-bond acceptors (Lipinski definition) is 2. The first-order valence-electron chi connectivity index (χ1n) is 4.25. The Labute approximate surface area is 67.8 Å². The van der Waals surface area contributed by atoms with Crippen molar-refractivity contribution in [2.75, 3.05) is 20.1 Å². The van der Waals surface area contributed by atoms with Gasteiger partial charge in [-0.25, -0.2) is 0 Å². The highest BCUT2D eigenvalue weighted by molar-refractivity contribution is 5.81. The third-order valence-electron chi connectivity index (χ3n) is 2.32. The molecule has 0 saturated carbocycles. The Bertz CT molecular complexity index is 147. The molecule has 1 aliphatic rings. The van der Waals surface area contributed by atoms with Crippen LogP contribution in [0, 0.1) is 0 Å². The van der Waals surface area contributed by atoms with Crippen molar-refractivity contribution >= 4 is 5.91 Å². The fourth-order valence-corrected chi connectivity index (χ4v) is 1.67. The molecule has 0 aromatic rings. The van der Waals surface area contributed by atoms with Crippen LogP contribution in [0.25, 0.3) is 0 Å². The summed E-state index contributed by atoms with van der Waals surface area (Å²) in [5.41, 5.74) is 0. The van der Waals surface area contributed by atoms with Gasteiger partial charge in [0.05, 0.1) is 6.04 Å². The van der Waals surface area contributed by atoms with Crippen LogP contribution in [0.2, 0.25) is 0 Å². The first-order chi connectivity index (χ1) is 5.29. The Kier molecular flexibility index (Phi) is 2.88. The maximum Gasteiger partial charge on any atom is 0.237 e. The first kappa shape index (κ1) is 8.53. The summed E-state index contributed by atoms with van der Waals surface area (Å²) in [5, 5.41) is 2.69. The van der Waals surface area contributed by atoms with Gasteiger partial charge in [0.25, 0.3) is 0 Å². The van der Waals surface area contributed by atoms with Crippen molar-refractivity contribution < 1.29 is 4.79 Å². The van der Waals surface area contributed by atoms with Gasteiger partial charge in [-0.1, -0.05) is 6.92 Å². The van der Waals surface area contributed by atoms with E-state index < -0.39 is 0 Å². The first-order valence-corrected chi connectivity index (χ1v) is 4.25. The number of amides is 1. The van der Waals surface area contributed by atoms with Crippen LogP contribution in [0.1, 0.15) is 19.8 Å². The minimum absolute atomic E-state index is 0.144. The molecular formula is C8H16N2O. The highest BCUT2D eigenvalue weighted by Crippen LogP contribution is 2.15. The van der Waals surface area contributed by atoms with Crippen LogP contribution in [-0.2, 0) is 4.79 Å². The molecule has 1 atom stereocenters. The van der Waals surface area contributed by atoms with E-state index in [0.29, 0.717) is 0 Å². The zero-order chi connectivity index (χ0) is 8.27. The Hall–Kier alpha value is -0.570. The van der Waals surface area contributed by atoms with Gasteiger partial charge in [0, 0.05) is 7.05 Å². The van der Waals surface area contributed by atoms with Crippen LogP contribution < -0.4 is 5.32 Å². The number of nitrogens with zero attached hydrogens (tertiary/aromatic N) is 1. The summed E-state index contributed by atoms with van der Waals surface area (Å²) in [6.07, 6.45) is 2.18. The molecule has 3 nitrogen and oxygen atoms in total. The van der Waals surface area contributed by atoms with Crippen LogP contribution in [0.5, 0.6) is 0 Å². The largest absolute Gasteiger partial charge is 0.358 e. The van der Waals surface area contributed by atoms with Crippen molar-refractivity contribution in [2.45, 2.75) is 25.8 Å². The van der Waals surface area contributed by atoms with E-state index in [9.17, 15) is 4.79 Å². The molecule has 1 amide bonds. The molecule has 0 spiro atoms. The van der Waals surface area contributed by atoms with Gasteiger partial charge in [0.15, 0.2) is 0 Å². The Balaban J connectivity index is 2.49. The van der Waals surface area contributed by atoms with E-state index in [0.717, 1.165) is 25.9 Å². The van der Waals surface area contributed by atoms with E-state index in [1.807, 2.05) is 0 Å². The standard InChI is InChI=1S/C8H16N2O/c1-3-10-6-4-5-7(10)8(11)9-2/h7H,3-6H2,1-2H3,(H,9,11)/t7-/m0/s1. The minimum atomic E-state index is 0.144. The van der Waals surface area contributed by atoms with E-state index in [4.69, 9.17) is 0 Å². The SMILES string of the molecule is CCN1CCC[C@H]1C(=O)NC. The summed E-state index contributed by atoms with van der Waals surface area (Å²) in [5.74, 6) is 0.171. The predicted molar refractivity (Wildman–Crippen MR) is 44.3 cm³/mol. The van der Waals surface area contributed by atoms with Gasteiger partial charge in [0.1, 0.15) is 0 Å². The van der Waals surface area contributed by atoms with E-state index in [-0.39, 0.29) is 11.9 Å². The second-order valence-electron chi connectivity index (χ2n) is 2.90. The summed E-state index contributed by atoms with van der Waals surface area (Å²) in [6.45, 7) is 4.16. The fourth-order valence-electron chi connectivity index (χ4n) is 1.67. The second kappa shape index (κ2) is 3.72. The number of carbonyl (C=O) groups excluding carboxylic acids is 1. The molecule has 1 heterocycles. The summed E-state index contributed by atoms with van der Waals surface area (Å²) >= 11 is 0. The quantitative estimate of drug-likeness (QED) is 0.620. The minimum Gasteiger partial charge on any atom is -0.358 e. The third kappa shape index (κ3) is 1.71. The van der Waals surface area contributed by atoms with Crippen molar-refractivity contribution in [3.63, 3.8) is 0 Å². The molecule has 0 radical (unpaired) electrons. The topological polar surface area (TPSA) is 32.3 Å². The molecule has 0 unspecified atom stereocenters. The maximum absolute atomic E-state index is 11.2. The number of carbonyl (C=O) groups is 1. The van der Waals surface area contributed by atoms with Crippen LogP contribution in [0.15, 0.2) is 0 Å². The number of nitrogens with one attached hydrogen (secondary N) is 1. The van der Waals surface area contributed by atoms with Crippen molar-refractivity contribution in [1.82, 2.24) is 10.2 Å². The van der Waals surface area contributed by atoms with E-state index >= 15 is 0 Å². The molecule has 1 saturated heterocycles. The molecule has 0 aliphatic carbocycles. The van der Waals surface area contributed by atoms with E-state index in [1.165, 1.54) is 0 Å². The number of hydrogen-bond donors (Lipinski definition) is 1. The van der Waals surface area contributed by atoms with Crippen molar-refractivity contribution in [3.8, 4) is 0 Å². The third-order valence-corrected chi connectivity index (χ3v) is 2.32. The highest BCUT2D eigenvalue weighted by atomic mass is 16.2. The maximum atomic E-state index is 11.2. The van der Waals surface area contributed by atoms with E-state index in [2.05, 4.69) is 17.1 Å². The Morgan fingerprint density at radius 2 is 2.45 bits per heavy atom.